The molecule has 0 unspecified atom stereocenters. The van der Waals surface area contributed by atoms with Crippen LogP contribution >= 0.6 is 46.6 Å². The van der Waals surface area contributed by atoms with Gasteiger partial charge in [-0.25, -0.2) is 4.79 Å². The van der Waals surface area contributed by atoms with Crippen molar-refractivity contribution in [2.45, 2.75) is 62.7 Å². The van der Waals surface area contributed by atoms with Gasteiger partial charge in [-0.2, -0.15) is 11.8 Å². The normalized spacial score (nSPS) is 12.1. The van der Waals surface area contributed by atoms with Gasteiger partial charge in [0, 0.05) is 25.9 Å². The van der Waals surface area contributed by atoms with Crippen molar-refractivity contribution in [1.82, 2.24) is 0 Å². The van der Waals surface area contributed by atoms with Gasteiger partial charge in [-0.05, 0) is 85.5 Å². The number of rotatable bonds is 14. The molecule has 3 rings (SSSR count). The van der Waals surface area contributed by atoms with Gasteiger partial charge in [-0.3, -0.25) is 4.79 Å². The van der Waals surface area contributed by atoms with Crippen molar-refractivity contribution in [2.75, 3.05) is 12.4 Å². The van der Waals surface area contributed by atoms with Gasteiger partial charge < -0.3 is 9.47 Å². The molecule has 3 aromatic carbocycles. The van der Waals surface area contributed by atoms with Crippen LogP contribution in [0.2, 0.25) is 15.1 Å². The second-order valence-electron chi connectivity index (χ2n) is 11.3. The minimum atomic E-state index is -0.882. The number of hydrogen-bond donors (Lipinski definition) is 0. The summed E-state index contributed by atoms with van der Waals surface area (Å²) in [6.45, 7) is 11.8. The average Bonchev–Trinajstić information content (AvgIpc) is 2.92. The topological polar surface area (TPSA) is 52.6 Å². The molecule has 0 saturated carbocycles. The lowest BCUT2D eigenvalue weighted by Gasteiger charge is -2.37. The highest BCUT2D eigenvalue weighted by Crippen LogP contribution is 2.44. The number of carbonyl (C=O) groups is 2. The van der Waals surface area contributed by atoms with E-state index in [0.717, 1.165) is 22.4 Å². The van der Waals surface area contributed by atoms with Gasteiger partial charge in [0.05, 0.1) is 18.4 Å². The summed E-state index contributed by atoms with van der Waals surface area (Å²) in [5.41, 5.74) is 1.08. The maximum atomic E-state index is 13.8. The summed E-state index contributed by atoms with van der Waals surface area (Å²) >= 11 is 20.5. The number of thioether (sulfide) groups is 1. The van der Waals surface area contributed by atoms with Gasteiger partial charge in [0.25, 0.3) is 0 Å². The van der Waals surface area contributed by atoms with Gasteiger partial charge in [-0.15, -0.1) is 0 Å². The van der Waals surface area contributed by atoms with Crippen LogP contribution in [0.1, 0.15) is 63.6 Å². The lowest BCUT2D eigenvalue weighted by molar-refractivity contribution is -0.157. The highest BCUT2D eigenvalue weighted by molar-refractivity contribution is 8.00. The molecular weight excluding hydrogens is 611 g/mol. The van der Waals surface area contributed by atoms with Crippen LogP contribution < -0.4 is 0 Å². The Morgan fingerprint density at radius 3 is 1.60 bits per heavy atom. The zero-order valence-corrected chi connectivity index (χ0v) is 27.5. The van der Waals surface area contributed by atoms with E-state index in [0.29, 0.717) is 34.5 Å². The highest BCUT2D eigenvalue weighted by Gasteiger charge is 2.40. The third-order valence-corrected chi connectivity index (χ3v) is 9.27. The van der Waals surface area contributed by atoms with E-state index in [2.05, 4.69) is 20.4 Å². The predicted molar refractivity (Wildman–Crippen MR) is 176 cm³/mol. The standard InChI is InChI=1S/C34H37Cl3O4S/c1-6-30(38)40-21-19-33(4,5)42-22-20-32(2,3)41-31(39)23-34(24-7-13-27(35)14-8-24,25-9-15-28(36)16-10-25)26-11-17-29(37)18-12-26/h6-18H,1,19-23H2,2-5H3. The first kappa shape index (κ1) is 34.1. The molecule has 4 nitrogen and oxygen atoms in total. The highest BCUT2D eigenvalue weighted by atomic mass is 35.5. The van der Waals surface area contributed by atoms with Crippen molar-refractivity contribution in [3.8, 4) is 0 Å². The molecule has 0 fully saturated rings. The van der Waals surface area contributed by atoms with E-state index < -0.39 is 17.0 Å². The van der Waals surface area contributed by atoms with Crippen molar-refractivity contribution in [3.05, 3.63) is 117 Å². The fourth-order valence-electron chi connectivity index (χ4n) is 4.72. The second kappa shape index (κ2) is 14.8. The molecule has 42 heavy (non-hydrogen) atoms. The molecular formula is C34H37Cl3O4S. The van der Waals surface area contributed by atoms with E-state index in [4.69, 9.17) is 44.3 Å². The zero-order chi connectivity index (χ0) is 31.0. The Labute approximate surface area is 268 Å². The maximum absolute atomic E-state index is 13.8. The number of benzene rings is 3. The third kappa shape index (κ3) is 9.54. The van der Waals surface area contributed by atoms with Crippen LogP contribution in [-0.2, 0) is 24.5 Å². The third-order valence-electron chi connectivity index (χ3n) is 7.12. The minimum absolute atomic E-state index is 0.0502. The Morgan fingerprint density at radius 2 is 1.19 bits per heavy atom. The molecule has 0 bridgehead atoms. The maximum Gasteiger partial charge on any atom is 0.330 e. The molecule has 0 radical (unpaired) electrons. The number of halogens is 3. The molecule has 0 aliphatic rings. The molecule has 0 heterocycles. The summed E-state index contributed by atoms with van der Waals surface area (Å²) in [5, 5.41) is 1.80. The Kier molecular flexibility index (Phi) is 12.0. The Hall–Kier alpha value is -2.44. The summed E-state index contributed by atoms with van der Waals surface area (Å²) in [7, 11) is 0. The Bertz CT molecular complexity index is 1240. The van der Waals surface area contributed by atoms with Gasteiger partial charge in [0.1, 0.15) is 5.60 Å². The quantitative estimate of drug-likeness (QED) is 0.0991. The van der Waals surface area contributed by atoms with Crippen molar-refractivity contribution >= 4 is 58.5 Å². The minimum Gasteiger partial charge on any atom is -0.462 e. The van der Waals surface area contributed by atoms with Crippen LogP contribution in [0.25, 0.3) is 0 Å². The molecule has 0 atom stereocenters. The number of esters is 2. The lowest BCUT2D eigenvalue weighted by atomic mass is 9.67. The van der Waals surface area contributed by atoms with E-state index in [1.54, 1.807) is 11.8 Å². The summed E-state index contributed by atoms with van der Waals surface area (Å²) in [5.74, 6) is 0.00973. The second-order valence-corrected chi connectivity index (χ2v) is 14.4. The molecule has 0 aliphatic heterocycles. The van der Waals surface area contributed by atoms with Gasteiger partial charge in [0.2, 0.25) is 0 Å². The van der Waals surface area contributed by atoms with E-state index >= 15 is 0 Å². The molecule has 8 heteroatoms. The van der Waals surface area contributed by atoms with E-state index in [1.807, 2.05) is 86.6 Å². The number of carbonyl (C=O) groups excluding carboxylic acids is 2. The monoisotopic (exact) mass is 646 g/mol. The van der Waals surface area contributed by atoms with Crippen molar-refractivity contribution in [2.24, 2.45) is 0 Å². The van der Waals surface area contributed by atoms with Gasteiger partial charge in [-0.1, -0.05) is 91.6 Å². The largest absolute Gasteiger partial charge is 0.462 e. The molecule has 0 aromatic heterocycles. The molecule has 0 amide bonds. The number of ether oxygens (including phenoxy) is 2. The molecule has 224 valence electrons. The van der Waals surface area contributed by atoms with Crippen LogP contribution in [0, 0.1) is 0 Å². The molecule has 0 spiro atoms. The first-order valence-electron chi connectivity index (χ1n) is 13.7. The first-order chi connectivity index (χ1) is 19.8. The van der Waals surface area contributed by atoms with Crippen LogP contribution in [0.15, 0.2) is 85.5 Å². The van der Waals surface area contributed by atoms with Crippen LogP contribution in [-0.4, -0.2) is 34.6 Å². The summed E-state index contributed by atoms with van der Waals surface area (Å²) in [4.78, 5) is 25.2. The van der Waals surface area contributed by atoms with Crippen LogP contribution in [0.5, 0.6) is 0 Å². The van der Waals surface area contributed by atoms with Crippen molar-refractivity contribution in [3.63, 3.8) is 0 Å². The zero-order valence-electron chi connectivity index (χ0n) is 24.4. The van der Waals surface area contributed by atoms with E-state index in [-0.39, 0.29) is 17.1 Å². The van der Waals surface area contributed by atoms with Crippen LogP contribution in [0.3, 0.4) is 0 Å². The van der Waals surface area contributed by atoms with Crippen LogP contribution in [0.4, 0.5) is 0 Å². The van der Waals surface area contributed by atoms with Crippen molar-refractivity contribution in [1.29, 1.82) is 0 Å². The summed E-state index contributed by atoms with van der Waals surface area (Å²) < 4.78 is 11.2. The van der Waals surface area contributed by atoms with E-state index in [9.17, 15) is 9.59 Å². The SMILES string of the molecule is C=CC(=O)OCCC(C)(C)SCCC(C)(C)OC(=O)CC(c1ccc(Cl)cc1)(c1ccc(Cl)cc1)c1ccc(Cl)cc1. The Morgan fingerprint density at radius 1 is 0.762 bits per heavy atom. The fraction of sp³-hybridized carbons (Fsp3) is 0.353. The first-order valence-corrected chi connectivity index (χ1v) is 15.8. The average molecular weight is 648 g/mol. The summed E-state index contributed by atoms with van der Waals surface area (Å²) in [6, 6.07) is 22.6. The fourth-order valence-corrected chi connectivity index (χ4v) is 6.47. The number of hydrogen-bond acceptors (Lipinski definition) is 5. The Balaban J connectivity index is 1.84. The van der Waals surface area contributed by atoms with Crippen molar-refractivity contribution < 1.29 is 19.1 Å². The predicted octanol–water partition coefficient (Wildman–Crippen LogP) is 9.71. The molecule has 3 aromatic rings. The smallest absolute Gasteiger partial charge is 0.330 e. The van der Waals surface area contributed by atoms with Gasteiger partial charge >= 0.3 is 11.9 Å². The summed E-state index contributed by atoms with van der Waals surface area (Å²) in [6.07, 6.45) is 2.56. The molecule has 0 aliphatic carbocycles. The van der Waals surface area contributed by atoms with Gasteiger partial charge in [0.15, 0.2) is 0 Å². The molecule has 0 N–H and O–H groups in total. The molecule has 0 saturated heterocycles. The lowest BCUT2D eigenvalue weighted by Crippen LogP contribution is -2.36. The van der Waals surface area contributed by atoms with E-state index in [1.165, 1.54) is 6.08 Å².